The Kier molecular flexibility index (Phi) is 65.8. The summed E-state index contributed by atoms with van der Waals surface area (Å²) in [4.78, 5) is 38.4. The summed E-state index contributed by atoms with van der Waals surface area (Å²) >= 11 is 0. The highest BCUT2D eigenvalue weighted by Crippen LogP contribution is 2.16. The molecule has 0 saturated carbocycles. The molecule has 1 unspecified atom stereocenters. The Labute approximate surface area is 507 Å². The molecule has 0 aliphatic rings. The molecule has 0 spiro atoms. The van der Waals surface area contributed by atoms with Crippen LogP contribution in [0.5, 0.6) is 0 Å². The second kappa shape index (κ2) is 69.3. The Morgan fingerprint density at radius 1 is 0.256 bits per heavy atom. The molecule has 0 aliphatic carbocycles. The fourth-order valence-electron chi connectivity index (χ4n) is 9.57. The van der Waals surface area contributed by atoms with Gasteiger partial charge in [-0.25, -0.2) is 0 Å². The van der Waals surface area contributed by atoms with E-state index in [2.05, 4.69) is 142 Å². The number of rotatable bonds is 62. The Balaban J connectivity index is 4.33. The van der Waals surface area contributed by atoms with Crippen molar-refractivity contribution in [3.63, 3.8) is 0 Å². The predicted molar refractivity (Wildman–Crippen MR) is 357 cm³/mol. The van der Waals surface area contributed by atoms with Crippen molar-refractivity contribution in [2.75, 3.05) is 13.2 Å². The minimum Gasteiger partial charge on any atom is -0.462 e. The Bertz CT molecular complexity index is 1690. The van der Waals surface area contributed by atoms with Gasteiger partial charge in [-0.1, -0.05) is 296 Å². The van der Waals surface area contributed by atoms with E-state index in [-0.39, 0.29) is 31.1 Å². The van der Waals surface area contributed by atoms with Gasteiger partial charge in [0.15, 0.2) is 6.10 Å². The fourth-order valence-corrected chi connectivity index (χ4v) is 9.57. The zero-order chi connectivity index (χ0) is 59.2. The average Bonchev–Trinajstić information content (AvgIpc) is 3.47. The highest BCUT2D eigenvalue weighted by Gasteiger charge is 2.19. The van der Waals surface area contributed by atoms with Gasteiger partial charge in [0.05, 0.1) is 0 Å². The van der Waals surface area contributed by atoms with Crippen LogP contribution in [-0.2, 0) is 28.6 Å². The summed E-state index contributed by atoms with van der Waals surface area (Å²) in [5.41, 5.74) is 0. The van der Waals surface area contributed by atoms with Crippen LogP contribution in [-0.4, -0.2) is 37.2 Å². The van der Waals surface area contributed by atoms with Gasteiger partial charge in [0.1, 0.15) is 13.2 Å². The molecule has 0 aromatic carbocycles. The van der Waals surface area contributed by atoms with E-state index in [1.165, 1.54) is 154 Å². The average molecular weight is 1140 g/mol. The molecule has 0 heterocycles. The van der Waals surface area contributed by atoms with Gasteiger partial charge in [-0.05, 0) is 128 Å². The first-order chi connectivity index (χ1) is 40.5. The molecule has 0 saturated heterocycles. The minimum atomic E-state index is -0.791. The number of carbonyl (C=O) groups excluding carboxylic acids is 3. The van der Waals surface area contributed by atoms with Crippen LogP contribution < -0.4 is 0 Å². The molecule has 0 rings (SSSR count). The van der Waals surface area contributed by atoms with Gasteiger partial charge in [0, 0.05) is 19.3 Å². The van der Waals surface area contributed by atoms with Gasteiger partial charge in [0.2, 0.25) is 0 Å². The first-order valence-corrected chi connectivity index (χ1v) is 34.5. The van der Waals surface area contributed by atoms with Crippen molar-refractivity contribution >= 4 is 17.9 Å². The summed E-state index contributed by atoms with van der Waals surface area (Å²) in [6.07, 6.45) is 96.4. The monoisotopic (exact) mass is 1140 g/mol. The third-order valence-corrected chi connectivity index (χ3v) is 14.7. The van der Waals surface area contributed by atoms with Crippen molar-refractivity contribution in [2.24, 2.45) is 0 Å². The smallest absolute Gasteiger partial charge is 0.306 e. The van der Waals surface area contributed by atoms with E-state index < -0.39 is 6.10 Å². The van der Waals surface area contributed by atoms with E-state index in [9.17, 15) is 14.4 Å². The third kappa shape index (κ3) is 66.6. The molecule has 1 atom stereocenters. The highest BCUT2D eigenvalue weighted by atomic mass is 16.6. The number of carbonyl (C=O) groups is 3. The van der Waals surface area contributed by atoms with Gasteiger partial charge in [-0.3, -0.25) is 14.4 Å². The number of esters is 3. The number of ether oxygens (including phenoxy) is 3. The number of unbranched alkanes of at least 4 members (excludes halogenated alkanes) is 31. The van der Waals surface area contributed by atoms with Gasteiger partial charge in [0.25, 0.3) is 0 Å². The normalized spacial score (nSPS) is 12.9. The molecule has 6 nitrogen and oxygen atoms in total. The maximum absolute atomic E-state index is 12.9. The van der Waals surface area contributed by atoms with Crippen LogP contribution in [0.2, 0.25) is 0 Å². The summed E-state index contributed by atoms with van der Waals surface area (Å²) < 4.78 is 17.0. The van der Waals surface area contributed by atoms with Crippen LogP contribution in [0.3, 0.4) is 0 Å². The topological polar surface area (TPSA) is 78.9 Å². The van der Waals surface area contributed by atoms with Crippen LogP contribution in [0.15, 0.2) is 122 Å². The molecule has 82 heavy (non-hydrogen) atoms. The van der Waals surface area contributed by atoms with Crippen molar-refractivity contribution in [3.05, 3.63) is 122 Å². The van der Waals surface area contributed by atoms with Crippen LogP contribution in [0, 0.1) is 0 Å². The zero-order valence-corrected chi connectivity index (χ0v) is 53.7. The molecule has 0 fully saturated rings. The standard InChI is InChI=1S/C76H128O6/c1-4-7-10-13-16-19-22-25-28-31-33-34-35-36-37-38-39-40-41-42-43-46-48-51-54-57-60-63-66-69-75(78)81-72-73(71-80-74(77)68-65-62-59-56-53-50-47-44-30-27-24-21-18-15-12-9-6-3)82-76(79)70-67-64-61-58-55-52-49-45-32-29-26-23-20-17-14-11-8-5-2/h7,9-10,12,16,18-21,23,25,27-30,32-34,36-37,73H,4-6,8,11,13-15,17,22,24,26,31,35,38-72H2,1-3H3/b10-7-,12-9-,19-16-,21-18-,23-20-,28-25-,30-27-,32-29-,34-33-,37-36-. The van der Waals surface area contributed by atoms with E-state index in [0.717, 1.165) is 128 Å². The molecule has 0 aromatic rings. The molecule has 0 radical (unpaired) electrons. The van der Waals surface area contributed by atoms with Crippen LogP contribution >= 0.6 is 0 Å². The second-order valence-electron chi connectivity index (χ2n) is 22.7. The third-order valence-electron chi connectivity index (χ3n) is 14.7. The van der Waals surface area contributed by atoms with Crippen molar-refractivity contribution in [2.45, 2.75) is 329 Å². The number of allylic oxidation sites excluding steroid dienone is 20. The predicted octanol–water partition coefficient (Wildman–Crippen LogP) is 23.9. The maximum atomic E-state index is 12.9. The molecule has 6 heteroatoms. The fraction of sp³-hybridized carbons (Fsp3) is 0.697. The second-order valence-corrected chi connectivity index (χ2v) is 22.7. The molecule has 0 aromatic heterocycles. The van der Waals surface area contributed by atoms with Crippen molar-refractivity contribution < 1.29 is 28.6 Å². The Morgan fingerprint density at radius 2 is 0.476 bits per heavy atom. The summed E-state index contributed by atoms with van der Waals surface area (Å²) in [5.74, 6) is -0.894. The molecule has 0 N–H and O–H groups in total. The highest BCUT2D eigenvalue weighted by molar-refractivity contribution is 5.71. The number of hydrogen-bond donors (Lipinski definition) is 0. The number of hydrogen-bond acceptors (Lipinski definition) is 6. The van der Waals surface area contributed by atoms with E-state index in [1.54, 1.807) is 0 Å². The zero-order valence-electron chi connectivity index (χ0n) is 53.7. The molecule has 468 valence electrons. The van der Waals surface area contributed by atoms with Gasteiger partial charge in [-0.15, -0.1) is 0 Å². The van der Waals surface area contributed by atoms with Crippen molar-refractivity contribution in [1.82, 2.24) is 0 Å². The van der Waals surface area contributed by atoms with E-state index in [0.29, 0.717) is 19.3 Å². The quantitative estimate of drug-likeness (QED) is 0.0261. The lowest BCUT2D eigenvalue weighted by Crippen LogP contribution is -2.30. The summed E-state index contributed by atoms with van der Waals surface area (Å²) in [6.45, 7) is 6.41. The van der Waals surface area contributed by atoms with Gasteiger partial charge >= 0.3 is 17.9 Å². The van der Waals surface area contributed by atoms with Crippen LogP contribution in [0.1, 0.15) is 323 Å². The lowest BCUT2D eigenvalue weighted by molar-refractivity contribution is -0.167. The Morgan fingerprint density at radius 3 is 0.744 bits per heavy atom. The molecule has 0 aliphatic heterocycles. The summed E-state index contributed by atoms with van der Waals surface area (Å²) in [5, 5.41) is 0. The van der Waals surface area contributed by atoms with Crippen molar-refractivity contribution in [1.29, 1.82) is 0 Å². The van der Waals surface area contributed by atoms with Crippen LogP contribution in [0.25, 0.3) is 0 Å². The molecular formula is C76H128O6. The van der Waals surface area contributed by atoms with E-state index >= 15 is 0 Å². The SMILES string of the molecule is CC/C=C\C/C=C\C/C=C\C/C=C\C/C=C\CCCCCCCCCCCCCCCC(=O)OCC(COC(=O)CCCCCCCCC/C=C\C/C=C\C/C=C\CC)OC(=O)CCCCCCCCC/C=C\C/C=C\CCCCCC. The van der Waals surface area contributed by atoms with Gasteiger partial charge < -0.3 is 14.2 Å². The van der Waals surface area contributed by atoms with E-state index in [4.69, 9.17) is 14.2 Å². The van der Waals surface area contributed by atoms with E-state index in [1.807, 2.05) is 0 Å². The molecular weight excluding hydrogens is 1010 g/mol. The lowest BCUT2D eigenvalue weighted by atomic mass is 10.0. The van der Waals surface area contributed by atoms with Crippen molar-refractivity contribution in [3.8, 4) is 0 Å². The lowest BCUT2D eigenvalue weighted by Gasteiger charge is -2.18. The maximum Gasteiger partial charge on any atom is 0.306 e. The van der Waals surface area contributed by atoms with Crippen LogP contribution in [0.4, 0.5) is 0 Å². The first kappa shape index (κ1) is 77.8. The summed E-state index contributed by atoms with van der Waals surface area (Å²) in [7, 11) is 0. The molecule has 0 bridgehead atoms. The summed E-state index contributed by atoms with van der Waals surface area (Å²) in [6, 6.07) is 0. The Hall–Kier alpha value is -4.19. The molecule has 0 amide bonds. The largest absolute Gasteiger partial charge is 0.462 e. The minimum absolute atomic E-state index is 0.0856. The van der Waals surface area contributed by atoms with Gasteiger partial charge in [-0.2, -0.15) is 0 Å². The first-order valence-electron chi connectivity index (χ1n) is 34.5.